The Balaban J connectivity index is 2.34. The topological polar surface area (TPSA) is 43.8 Å². The molecule has 1 fully saturated rings. The highest BCUT2D eigenvalue weighted by Crippen LogP contribution is 2.05. The highest BCUT2D eigenvalue weighted by Gasteiger charge is 2.21. The number of rotatable bonds is 3. The Kier molecular flexibility index (Phi) is 4.25. The van der Waals surface area contributed by atoms with E-state index in [1.165, 1.54) is 6.92 Å². The molecule has 0 aromatic carbocycles. The van der Waals surface area contributed by atoms with Crippen LogP contribution in [-0.4, -0.2) is 60.1 Å². The first kappa shape index (κ1) is 11.4. The number of hydrogen-bond acceptors (Lipinski definition) is 4. The lowest BCUT2D eigenvalue weighted by atomic mass is 10.3. The van der Waals surface area contributed by atoms with Crippen molar-refractivity contribution in [2.75, 3.05) is 33.2 Å². The van der Waals surface area contributed by atoms with Crippen molar-refractivity contribution >= 4 is 5.78 Å². The minimum atomic E-state index is -0.412. The maximum atomic E-state index is 10.6. The Bertz CT molecular complexity index is 228. The van der Waals surface area contributed by atoms with Gasteiger partial charge in [-0.1, -0.05) is 6.08 Å². The minimum absolute atomic E-state index is 0.0496. The van der Waals surface area contributed by atoms with Crippen LogP contribution in [0.1, 0.15) is 6.92 Å². The molecule has 1 rings (SSSR count). The quantitative estimate of drug-likeness (QED) is 0.632. The van der Waals surface area contributed by atoms with E-state index in [1.807, 2.05) is 11.9 Å². The van der Waals surface area contributed by atoms with Gasteiger partial charge in [0, 0.05) is 26.2 Å². The molecule has 14 heavy (non-hydrogen) atoms. The molecular formula is C10H18N2O2. The van der Waals surface area contributed by atoms with Gasteiger partial charge < -0.3 is 10.0 Å². The maximum absolute atomic E-state index is 10.6. The van der Waals surface area contributed by atoms with Crippen LogP contribution in [0.25, 0.3) is 0 Å². The van der Waals surface area contributed by atoms with Crippen molar-refractivity contribution in [2.24, 2.45) is 0 Å². The third-order valence-corrected chi connectivity index (χ3v) is 2.36. The summed E-state index contributed by atoms with van der Waals surface area (Å²) in [6.45, 7) is 4.66. The third-order valence-electron chi connectivity index (χ3n) is 2.36. The van der Waals surface area contributed by atoms with Crippen LogP contribution in [0.15, 0.2) is 12.2 Å². The first-order chi connectivity index (χ1) is 6.59. The summed E-state index contributed by atoms with van der Waals surface area (Å²) in [5.74, 6) is 0.0496. The van der Waals surface area contributed by atoms with Gasteiger partial charge in [-0.3, -0.25) is 9.69 Å². The van der Waals surface area contributed by atoms with Crippen LogP contribution in [0.2, 0.25) is 0 Å². The van der Waals surface area contributed by atoms with Crippen LogP contribution in [0.3, 0.4) is 0 Å². The highest BCUT2D eigenvalue weighted by atomic mass is 16.3. The zero-order valence-electron chi connectivity index (χ0n) is 8.81. The van der Waals surface area contributed by atoms with E-state index in [0.717, 1.165) is 13.1 Å². The summed E-state index contributed by atoms with van der Waals surface area (Å²) in [5.41, 5.74) is 0. The molecule has 0 spiro atoms. The Morgan fingerprint density at radius 2 is 2.29 bits per heavy atom. The zero-order chi connectivity index (χ0) is 10.6. The molecule has 1 N–H and O–H groups in total. The van der Waals surface area contributed by atoms with Crippen molar-refractivity contribution in [1.29, 1.82) is 0 Å². The fourth-order valence-corrected chi connectivity index (χ4v) is 1.50. The molecule has 0 aromatic rings. The van der Waals surface area contributed by atoms with Gasteiger partial charge in [-0.25, -0.2) is 0 Å². The van der Waals surface area contributed by atoms with E-state index in [9.17, 15) is 9.90 Å². The molecule has 1 aliphatic rings. The summed E-state index contributed by atoms with van der Waals surface area (Å²) < 4.78 is 0. The standard InChI is InChI=1S/C10H18N2O2/c1-9(13)4-3-5-12-7-6-11(2)8-10(12)14/h3-4,10,14H,5-8H2,1-2H3/b4-3+. The second kappa shape index (κ2) is 5.24. The van der Waals surface area contributed by atoms with Gasteiger partial charge in [0.25, 0.3) is 0 Å². The van der Waals surface area contributed by atoms with E-state index in [2.05, 4.69) is 4.90 Å². The molecule has 0 aliphatic carbocycles. The van der Waals surface area contributed by atoms with Crippen LogP contribution >= 0.6 is 0 Å². The molecule has 0 bridgehead atoms. The summed E-state index contributed by atoms with van der Waals surface area (Å²) in [5, 5.41) is 9.67. The third kappa shape index (κ3) is 3.57. The SMILES string of the molecule is CC(=O)/C=C/CN1CCN(C)CC1O. The Morgan fingerprint density at radius 3 is 2.86 bits per heavy atom. The van der Waals surface area contributed by atoms with Crippen molar-refractivity contribution in [3.63, 3.8) is 0 Å². The molecule has 1 aliphatic heterocycles. The number of β-amino-alcohol motifs (C(OH)–C–C–N with tert-alkyl or cyclic N) is 1. The van der Waals surface area contributed by atoms with Gasteiger partial charge in [0.1, 0.15) is 6.23 Å². The number of carbonyl (C=O) groups excluding carboxylic acids is 1. The predicted molar refractivity (Wildman–Crippen MR) is 54.9 cm³/mol. The van der Waals surface area contributed by atoms with Gasteiger partial charge in [-0.2, -0.15) is 0 Å². The van der Waals surface area contributed by atoms with E-state index in [4.69, 9.17) is 0 Å². The minimum Gasteiger partial charge on any atom is -0.377 e. The first-order valence-electron chi connectivity index (χ1n) is 4.87. The predicted octanol–water partition coefficient (Wildman–Crippen LogP) is -0.303. The largest absolute Gasteiger partial charge is 0.377 e. The normalized spacial score (nSPS) is 25.8. The van der Waals surface area contributed by atoms with Crippen LogP contribution in [-0.2, 0) is 4.79 Å². The average molecular weight is 198 g/mol. The molecular weight excluding hydrogens is 180 g/mol. The lowest BCUT2D eigenvalue weighted by Gasteiger charge is -2.36. The number of carbonyl (C=O) groups is 1. The van der Waals surface area contributed by atoms with E-state index >= 15 is 0 Å². The number of aliphatic hydroxyl groups is 1. The summed E-state index contributed by atoms with van der Waals surface area (Å²) in [6.07, 6.45) is 2.94. The molecule has 1 unspecified atom stereocenters. The lowest BCUT2D eigenvalue weighted by Crippen LogP contribution is -2.51. The van der Waals surface area contributed by atoms with Crippen molar-refractivity contribution in [3.8, 4) is 0 Å². The fraction of sp³-hybridized carbons (Fsp3) is 0.700. The molecule has 0 amide bonds. The molecule has 1 saturated heterocycles. The van der Waals surface area contributed by atoms with Crippen LogP contribution < -0.4 is 0 Å². The second-order valence-corrected chi connectivity index (χ2v) is 3.75. The van der Waals surface area contributed by atoms with Crippen LogP contribution in [0.5, 0.6) is 0 Å². The van der Waals surface area contributed by atoms with Gasteiger partial charge in [-0.05, 0) is 20.0 Å². The number of hydrogen-bond donors (Lipinski definition) is 1. The molecule has 0 radical (unpaired) electrons. The van der Waals surface area contributed by atoms with Gasteiger partial charge in [0.2, 0.25) is 0 Å². The van der Waals surface area contributed by atoms with Crippen LogP contribution in [0.4, 0.5) is 0 Å². The number of ketones is 1. The molecule has 4 heteroatoms. The maximum Gasteiger partial charge on any atom is 0.152 e. The number of allylic oxidation sites excluding steroid dienone is 1. The van der Waals surface area contributed by atoms with Crippen molar-refractivity contribution in [3.05, 3.63) is 12.2 Å². The molecule has 1 heterocycles. The Labute approximate surface area is 84.8 Å². The van der Waals surface area contributed by atoms with Gasteiger partial charge in [0.05, 0.1) is 0 Å². The molecule has 0 saturated carbocycles. The monoisotopic (exact) mass is 198 g/mol. The fourth-order valence-electron chi connectivity index (χ4n) is 1.50. The number of likely N-dealkylation sites (N-methyl/N-ethyl adjacent to an activating group) is 1. The summed E-state index contributed by atoms with van der Waals surface area (Å²) in [7, 11) is 1.99. The van der Waals surface area contributed by atoms with E-state index in [1.54, 1.807) is 12.2 Å². The first-order valence-corrected chi connectivity index (χ1v) is 4.87. The molecule has 1 atom stereocenters. The zero-order valence-corrected chi connectivity index (χ0v) is 8.81. The number of nitrogens with zero attached hydrogens (tertiary/aromatic N) is 2. The highest BCUT2D eigenvalue weighted by molar-refractivity contribution is 5.87. The number of aliphatic hydroxyl groups excluding tert-OH is 1. The number of piperazine rings is 1. The van der Waals surface area contributed by atoms with Gasteiger partial charge in [0.15, 0.2) is 5.78 Å². The van der Waals surface area contributed by atoms with Crippen molar-refractivity contribution in [2.45, 2.75) is 13.2 Å². The summed E-state index contributed by atoms with van der Waals surface area (Å²) >= 11 is 0. The van der Waals surface area contributed by atoms with Crippen molar-refractivity contribution in [1.82, 2.24) is 9.80 Å². The van der Waals surface area contributed by atoms with E-state index in [0.29, 0.717) is 13.1 Å². The Hall–Kier alpha value is -0.710. The second-order valence-electron chi connectivity index (χ2n) is 3.75. The Morgan fingerprint density at radius 1 is 1.57 bits per heavy atom. The molecule has 4 nitrogen and oxygen atoms in total. The lowest BCUT2D eigenvalue weighted by molar-refractivity contribution is -0.112. The average Bonchev–Trinajstić information content (AvgIpc) is 2.08. The van der Waals surface area contributed by atoms with E-state index < -0.39 is 6.23 Å². The summed E-state index contributed by atoms with van der Waals surface area (Å²) in [6, 6.07) is 0. The van der Waals surface area contributed by atoms with Crippen molar-refractivity contribution < 1.29 is 9.90 Å². The van der Waals surface area contributed by atoms with Crippen LogP contribution in [0, 0.1) is 0 Å². The van der Waals surface area contributed by atoms with E-state index in [-0.39, 0.29) is 5.78 Å². The molecule has 80 valence electrons. The smallest absolute Gasteiger partial charge is 0.152 e. The molecule has 0 aromatic heterocycles. The van der Waals surface area contributed by atoms with Gasteiger partial charge in [-0.15, -0.1) is 0 Å². The van der Waals surface area contributed by atoms with Gasteiger partial charge >= 0.3 is 0 Å². The summed E-state index contributed by atoms with van der Waals surface area (Å²) in [4.78, 5) is 14.7.